The number of nitrogens with one attached hydrogen (secondary N) is 1. The number of carboxylic acid groups (broad SMARTS) is 1. The third kappa shape index (κ3) is 5.43. The summed E-state index contributed by atoms with van der Waals surface area (Å²) >= 11 is 0. The Balaban J connectivity index is 2.81. The van der Waals surface area contributed by atoms with Gasteiger partial charge >= 0.3 is 5.97 Å². The number of nitrogens with two attached hydrogens (primary N) is 2. The predicted molar refractivity (Wildman–Crippen MR) is 86.9 cm³/mol. The fourth-order valence-corrected chi connectivity index (χ4v) is 2.72. The first-order valence-electron chi connectivity index (χ1n) is 8.27. The van der Waals surface area contributed by atoms with Gasteiger partial charge in [-0.25, -0.2) is 4.79 Å². The maximum Gasteiger partial charge on any atom is 0.326 e. The monoisotopic (exact) mass is 344 g/mol. The van der Waals surface area contributed by atoms with E-state index in [0.29, 0.717) is 45.2 Å². The third-order valence-corrected chi connectivity index (χ3v) is 4.20. The zero-order valence-corrected chi connectivity index (χ0v) is 14.0. The van der Waals surface area contributed by atoms with Crippen molar-refractivity contribution in [2.24, 2.45) is 11.5 Å². The normalized spacial score (nSPS) is 21.2. The summed E-state index contributed by atoms with van der Waals surface area (Å²) in [6, 6.07) is -2.88. The zero-order valence-electron chi connectivity index (χ0n) is 14.0. The fraction of sp³-hybridized carbons (Fsp3) is 0.800. The van der Waals surface area contributed by atoms with Crippen LogP contribution in [-0.2, 0) is 14.4 Å². The maximum atomic E-state index is 12.7. The number of carbonyl (C=O) groups is 3. The van der Waals surface area contributed by atoms with Crippen LogP contribution in [0.25, 0.3) is 0 Å². The van der Waals surface area contributed by atoms with Crippen LogP contribution in [0.1, 0.15) is 39.0 Å². The Labute approximate surface area is 141 Å². The molecule has 0 aromatic rings. The average Bonchev–Trinajstić information content (AvgIpc) is 3.02. The van der Waals surface area contributed by atoms with E-state index in [1.807, 2.05) is 0 Å². The van der Waals surface area contributed by atoms with E-state index in [4.69, 9.17) is 11.5 Å². The molecule has 0 aromatic carbocycles. The van der Waals surface area contributed by atoms with Crippen LogP contribution in [0, 0.1) is 0 Å². The molecule has 2 amide bonds. The Morgan fingerprint density at radius 1 is 1.33 bits per heavy atom. The number of aliphatic hydroxyl groups excluding tert-OH is 1. The van der Waals surface area contributed by atoms with Crippen molar-refractivity contribution in [3.05, 3.63) is 0 Å². The molecule has 0 aromatic heterocycles. The number of hydrogen-bond donors (Lipinski definition) is 5. The predicted octanol–water partition coefficient (Wildman–Crippen LogP) is -1.62. The molecule has 1 saturated heterocycles. The molecule has 0 spiro atoms. The van der Waals surface area contributed by atoms with Crippen molar-refractivity contribution in [3.8, 4) is 0 Å². The molecule has 4 atom stereocenters. The third-order valence-electron chi connectivity index (χ3n) is 4.20. The number of aliphatic carboxylic acids is 1. The molecule has 24 heavy (non-hydrogen) atoms. The Bertz CT molecular complexity index is 457. The lowest BCUT2D eigenvalue weighted by molar-refractivity contribution is -0.149. The SMILES string of the molecule is C[C@H](O)[C@H](N)C(=O)N[C@H](CCCCN)C(=O)N1CCC[C@@H]1C(=O)O. The second-order valence-electron chi connectivity index (χ2n) is 6.14. The number of carbonyl (C=O) groups excluding carboxylic acids is 2. The molecule has 9 nitrogen and oxygen atoms in total. The highest BCUT2D eigenvalue weighted by Crippen LogP contribution is 2.19. The van der Waals surface area contributed by atoms with Crippen molar-refractivity contribution < 1.29 is 24.6 Å². The smallest absolute Gasteiger partial charge is 0.326 e. The largest absolute Gasteiger partial charge is 0.480 e. The summed E-state index contributed by atoms with van der Waals surface area (Å²) in [5.41, 5.74) is 11.0. The van der Waals surface area contributed by atoms with E-state index in [1.54, 1.807) is 0 Å². The van der Waals surface area contributed by atoms with Crippen LogP contribution in [0.2, 0.25) is 0 Å². The van der Waals surface area contributed by atoms with Gasteiger partial charge in [-0.05, 0) is 45.6 Å². The minimum atomic E-state index is -1.15. The minimum absolute atomic E-state index is 0.344. The molecule has 138 valence electrons. The molecular weight excluding hydrogens is 316 g/mol. The lowest BCUT2D eigenvalue weighted by atomic mass is 10.1. The van der Waals surface area contributed by atoms with Gasteiger partial charge in [0, 0.05) is 6.54 Å². The highest BCUT2D eigenvalue weighted by atomic mass is 16.4. The fourth-order valence-electron chi connectivity index (χ4n) is 2.72. The summed E-state index contributed by atoms with van der Waals surface area (Å²) in [6.45, 7) is 2.20. The van der Waals surface area contributed by atoms with Crippen molar-refractivity contribution in [1.82, 2.24) is 10.2 Å². The highest BCUT2D eigenvalue weighted by Gasteiger charge is 2.37. The van der Waals surface area contributed by atoms with Crippen LogP contribution in [0.4, 0.5) is 0 Å². The van der Waals surface area contributed by atoms with Crippen LogP contribution < -0.4 is 16.8 Å². The van der Waals surface area contributed by atoms with E-state index in [0.717, 1.165) is 0 Å². The molecule has 0 aliphatic carbocycles. The Morgan fingerprint density at radius 3 is 2.54 bits per heavy atom. The Morgan fingerprint density at radius 2 is 2.00 bits per heavy atom. The molecule has 9 heteroatoms. The Hall–Kier alpha value is -1.71. The molecule has 0 bridgehead atoms. The van der Waals surface area contributed by atoms with Crippen molar-refractivity contribution in [2.45, 2.75) is 63.3 Å². The molecule has 1 fully saturated rings. The van der Waals surface area contributed by atoms with Gasteiger partial charge in [-0.1, -0.05) is 0 Å². The standard InChI is InChI=1S/C15H28N4O5/c1-9(20)12(17)13(21)18-10(5-2-3-7-16)14(22)19-8-4-6-11(19)15(23)24/h9-12,20H,2-8,16-17H2,1H3,(H,18,21)(H,23,24)/t9-,10+,11+,12-/m0/s1. The lowest BCUT2D eigenvalue weighted by Crippen LogP contribution is -2.56. The number of carboxylic acids is 1. The van der Waals surface area contributed by atoms with Gasteiger partial charge in [0.15, 0.2) is 0 Å². The molecule has 0 unspecified atom stereocenters. The summed E-state index contributed by atoms with van der Waals surface area (Å²) in [5.74, 6) is -2.11. The van der Waals surface area contributed by atoms with E-state index in [2.05, 4.69) is 5.32 Å². The highest BCUT2D eigenvalue weighted by molar-refractivity contribution is 5.92. The second kappa shape index (κ2) is 9.55. The summed E-state index contributed by atoms with van der Waals surface area (Å²) in [4.78, 5) is 37.3. The van der Waals surface area contributed by atoms with Crippen molar-refractivity contribution in [2.75, 3.05) is 13.1 Å². The average molecular weight is 344 g/mol. The van der Waals surface area contributed by atoms with Gasteiger partial charge in [0.2, 0.25) is 11.8 Å². The van der Waals surface area contributed by atoms with Gasteiger partial charge in [0.05, 0.1) is 6.10 Å². The zero-order chi connectivity index (χ0) is 18.3. The minimum Gasteiger partial charge on any atom is -0.480 e. The lowest BCUT2D eigenvalue weighted by Gasteiger charge is -2.28. The molecule has 0 saturated carbocycles. The van der Waals surface area contributed by atoms with E-state index >= 15 is 0 Å². The van der Waals surface area contributed by atoms with Gasteiger partial charge in [0.25, 0.3) is 0 Å². The number of rotatable bonds is 9. The number of aliphatic hydroxyl groups is 1. The topological polar surface area (TPSA) is 159 Å². The van der Waals surface area contributed by atoms with E-state index in [1.165, 1.54) is 11.8 Å². The van der Waals surface area contributed by atoms with Crippen molar-refractivity contribution in [3.63, 3.8) is 0 Å². The Kier molecular flexibility index (Phi) is 8.09. The molecule has 1 aliphatic heterocycles. The van der Waals surface area contributed by atoms with Crippen molar-refractivity contribution >= 4 is 17.8 Å². The number of amides is 2. The summed E-state index contributed by atoms with van der Waals surface area (Å²) < 4.78 is 0. The van der Waals surface area contributed by atoms with Gasteiger partial charge in [-0.3, -0.25) is 9.59 Å². The van der Waals surface area contributed by atoms with Gasteiger partial charge in [-0.2, -0.15) is 0 Å². The van der Waals surface area contributed by atoms with E-state index in [9.17, 15) is 24.6 Å². The van der Waals surface area contributed by atoms with Gasteiger partial charge in [-0.15, -0.1) is 0 Å². The van der Waals surface area contributed by atoms with Crippen LogP contribution >= 0.6 is 0 Å². The first-order valence-corrected chi connectivity index (χ1v) is 8.27. The van der Waals surface area contributed by atoms with Crippen LogP contribution in [0.3, 0.4) is 0 Å². The van der Waals surface area contributed by atoms with Crippen LogP contribution in [0.5, 0.6) is 0 Å². The quantitative estimate of drug-likeness (QED) is 0.314. The summed E-state index contributed by atoms with van der Waals surface area (Å²) in [5, 5.41) is 21.2. The molecular formula is C15H28N4O5. The first kappa shape index (κ1) is 20.3. The first-order chi connectivity index (χ1) is 11.3. The number of nitrogens with zero attached hydrogens (tertiary/aromatic N) is 1. The number of hydrogen-bond acceptors (Lipinski definition) is 6. The molecule has 7 N–H and O–H groups in total. The van der Waals surface area contributed by atoms with E-state index in [-0.39, 0.29) is 0 Å². The number of likely N-dealkylation sites (tertiary alicyclic amines) is 1. The summed E-state index contributed by atoms with van der Waals surface area (Å²) in [6.07, 6.45) is 1.60. The molecule has 1 rings (SSSR count). The molecule has 0 radical (unpaired) electrons. The van der Waals surface area contributed by atoms with Crippen molar-refractivity contribution in [1.29, 1.82) is 0 Å². The second-order valence-corrected chi connectivity index (χ2v) is 6.14. The van der Waals surface area contributed by atoms with Gasteiger partial charge in [0.1, 0.15) is 18.1 Å². The van der Waals surface area contributed by atoms with Crippen LogP contribution in [-0.4, -0.2) is 70.2 Å². The summed E-state index contributed by atoms with van der Waals surface area (Å²) in [7, 11) is 0. The molecule has 1 aliphatic rings. The van der Waals surface area contributed by atoms with Gasteiger partial charge < -0.3 is 31.9 Å². The maximum absolute atomic E-state index is 12.7. The molecule has 1 heterocycles. The van der Waals surface area contributed by atoms with E-state index < -0.39 is 42.0 Å². The number of unbranched alkanes of at least 4 members (excludes halogenated alkanes) is 1. The van der Waals surface area contributed by atoms with Crippen LogP contribution in [0.15, 0.2) is 0 Å².